The summed E-state index contributed by atoms with van der Waals surface area (Å²) in [5.74, 6) is 0.718. The zero-order chi connectivity index (χ0) is 10.5. The molecule has 1 aromatic heterocycles. The van der Waals surface area contributed by atoms with Crippen LogP contribution in [0.2, 0.25) is 0 Å². The third-order valence-corrected chi connectivity index (χ3v) is 2.16. The molecule has 1 saturated carbocycles. The lowest BCUT2D eigenvalue weighted by Gasteiger charge is -2.03. The van der Waals surface area contributed by atoms with Gasteiger partial charge in [0.15, 0.2) is 5.82 Å². The lowest BCUT2D eigenvalue weighted by atomic mass is 10.4. The first kappa shape index (κ1) is 10.1. The summed E-state index contributed by atoms with van der Waals surface area (Å²) >= 11 is 0. The predicted octanol–water partition coefficient (Wildman–Crippen LogP) is -0.520. The molecule has 0 bridgehead atoms. The lowest BCUT2D eigenvalue weighted by molar-refractivity contribution is -0.120. The van der Waals surface area contributed by atoms with E-state index in [-0.39, 0.29) is 5.91 Å². The van der Waals surface area contributed by atoms with Crippen LogP contribution >= 0.6 is 0 Å². The van der Waals surface area contributed by atoms with Crippen LogP contribution in [0.5, 0.6) is 0 Å². The second-order valence-electron chi connectivity index (χ2n) is 3.62. The molecule has 0 saturated heterocycles. The molecule has 2 N–H and O–H groups in total. The number of hydrogen-bond donors (Lipinski definition) is 2. The van der Waals surface area contributed by atoms with Crippen molar-refractivity contribution >= 4 is 5.91 Å². The predicted molar refractivity (Wildman–Crippen MR) is 52.0 cm³/mol. The minimum Gasteiger partial charge on any atom is -0.352 e. The summed E-state index contributed by atoms with van der Waals surface area (Å²) in [7, 11) is 0. The highest BCUT2D eigenvalue weighted by atomic mass is 16.5. The molecule has 1 aliphatic rings. The molecule has 1 aliphatic carbocycles. The Morgan fingerprint density at radius 3 is 3.13 bits per heavy atom. The van der Waals surface area contributed by atoms with E-state index in [0.29, 0.717) is 31.4 Å². The quantitative estimate of drug-likeness (QED) is 0.618. The Kier molecular flexibility index (Phi) is 3.29. The molecule has 0 unspecified atom stereocenters. The molecule has 0 aromatic carbocycles. The van der Waals surface area contributed by atoms with Crippen LogP contribution in [0.1, 0.15) is 18.7 Å². The highest BCUT2D eigenvalue weighted by molar-refractivity contribution is 5.78. The summed E-state index contributed by atoms with van der Waals surface area (Å²) in [4.78, 5) is 15.1. The molecule has 1 heterocycles. The van der Waals surface area contributed by atoms with E-state index in [1.165, 1.54) is 6.39 Å². The Hall–Kier alpha value is -1.43. The molecule has 1 aromatic rings. The monoisotopic (exact) mass is 210 g/mol. The Morgan fingerprint density at radius 1 is 1.60 bits per heavy atom. The number of rotatable bonds is 6. The van der Waals surface area contributed by atoms with Crippen molar-refractivity contribution in [2.24, 2.45) is 0 Å². The summed E-state index contributed by atoms with van der Waals surface area (Å²) in [6, 6.07) is 0.427. The van der Waals surface area contributed by atoms with Gasteiger partial charge in [0.2, 0.25) is 12.3 Å². The smallest absolute Gasteiger partial charge is 0.234 e. The maximum Gasteiger partial charge on any atom is 0.234 e. The van der Waals surface area contributed by atoms with E-state index in [0.717, 1.165) is 12.8 Å². The number of nitrogens with one attached hydrogen (secondary N) is 2. The second-order valence-corrected chi connectivity index (χ2v) is 3.62. The van der Waals surface area contributed by atoms with E-state index in [4.69, 9.17) is 0 Å². The Labute approximate surface area is 87.4 Å². The van der Waals surface area contributed by atoms with Crippen LogP contribution in [0.15, 0.2) is 10.9 Å². The van der Waals surface area contributed by atoms with Crippen molar-refractivity contribution < 1.29 is 9.32 Å². The van der Waals surface area contributed by atoms with Crippen molar-refractivity contribution in [1.82, 2.24) is 20.8 Å². The van der Waals surface area contributed by atoms with E-state index in [1.807, 2.05) is 0 Å². The van der Waals surface area contributed by atoms with E-state index in [1.54, 1.807) is 0 Å². The van der Waals surface area contributed by atoms with Crippen LogP contribution in [0.4, 0.5) is 0 Å². The third kappa shape index (κ3) is 3.67. The molecule has 0 radical (unpaired) electrons. The van der Waals surface area contributed by atoms with Crippen molar-refractivity contribution in [1.29, 1.82) is 0 Å². The highest BCUT2D eigenvalue weighted by Gasteiger charge is 2.22. The molecule has 1 amide bonds. The molecule has 6 nitrogen and oxygen atoms in total. The van der Waals surface area contributed by atoms with Gasteiger partial charge >= 0.3 is 0 Å². The van der Waals surface area contributed by atoms with Gasteiger partial charge in [-0.1, -0.05) is 5.16 Å². The summed E-state index contributed by atoms with van der Waals surface area (Å²) in [5.41, 5.74) is 0. The van der Waals surface area contributed by atoms with Gasteiger partial charge in [-0.05, 0) is 12.8 Å². The van der Waals surface area contributed by atoms with Gasteiger partial charge in [-0.3, -0.25) is 4.79 Å². The largest absolute Gasteiger partial charge is 0.352 e. The maximum atomic E-state index is 11.2. The van der Waals surface area contributed by atoms with Gasteiger partial charge < -0.3 is 15.2 Å². The average molecular weight is 210 g/mol. The number of carbonyl (C=O) groups is 1. The van der Waals surface area contributed by atoms with E-state index >= 15 is 0 Å². The number of carbonyl (C=O) groups excluding carboxylic acids is 1. The zero-order valence-electron chi connectivity index (χ0n) is 8.40. The Morgan fingerprint density at radius 2 is 2.47 bits per heavy atom. The van der Waals surface area contributed by atoms with Gasteiger partial charge in [0.05, 0.1) is 6.54 Å². The first-order valence-electron chi connectivity index (χ1n) is 5.10. The number of aromatic nitrogens is 2. The van der Waals surface area contributed by atoms with Crippen LogP contribution in [-0.2, 0) is 11.2 Å². The summed E-state index contributed by atoms with van der Waals surface area (Å²) in [6.45, 7) is 1.03. The minimum atomic E-state index is 0.0608. The van der Waals surface area contributed by atoms with E-state index in [9.17, 15) is 4.79 Å². The van der Waals surface area contributed by atoms with Crippen molar-refractivity contribution in [3.8, 4) is 0 Å². The van der Waals surface area contributed by atoms with Gasteiger partial charge in [0, 0.05) is 19.0 Å². The van der Waals surface area contributed by atoms with Gasteiger partial charge in [-0.15, -0.1) is 0 Å². The fourth-order valence-electron chi connectivity index (χ4n) is 1.21. The first-order chi connectivity index (χ1) is 7.34. The zero-order valence-corrected chi connectivity index (χ0v) is 8.40. The van der Waals surface area contributed by atoms with Gasteiger partial charge in [0.25, 0.3) is 0 Å². The van der Waals surface area contributed by atoms with Crippen LogP contribution in [0, 0.1) is 0 Å². The molecule has 6 heteroatoms. The average Bonchev–Trinajstić information content (AvgIpc) is 2.87. The van der Waals surface area contributed by atoms with Crippen LogP contribution < -0.4 is 10.6 Å². The number of amides is 1. The highest BCUT2D eigenvalue weighted by Crippen LogP contribution is 2.18. The fraction of sp³-hybridized carbons (Fsp3) is 0.667. The SMILES string of the molecule is O=C(CNCCc1ncon1)NC1CC1. The summed E-state index contributed by atoms with van der Waals surface area (Å²) < 4.78 is 4.59. The summed E-state index contributed by atoms with van der Waals surface area (Å²) in [5, 5.41) is 9.58. The molecule has 15 heavy (non-hydrogen) atoms. The number of nitrogens with zero attached hydrogens (tertiary/aromatic N) is 2. The van der Waals surface area contributed by atoms with E-state index in [2.05, 4.69) is 25.3 Å². The van der Waals surface area contributed by atoms with Crippen molar-refractivity contribution in [2.75, 3.05) is 13.1 Å². The van der Waals surface area contributed by atoms with Gasteiger partial charge in [0.1, 0.15) is 0 Å². The van der Waals surface area contributed by atoms with Crippen LogP contribution in [0.25, 0.3) is 0 Å². The van der Waals surface area contributed by atoms with Crippen LogP contribution in [0.3, 0.4) is 0 Å². The van der Waals surface area contributed by atoms with Crippen molar-refractivity contribution in [2.45, 2.75) is 25.3 Å². The van der Waals surface area contributed by atoms with Gasteiger partial charge in [-0.25, -0.2) is 0 Å². The standard InChI is InChI=1S/C9H14N4O2/c14-9(12-7-1-2-7)5-10-4-3-8-11-6-15-13-8/h6-7,10H,1-5H2,(H,12,14). The first-order valence-corrected chi connectivity index (χ1v) is 5.10. The molecule has 82 valence electrons. The molecule has 2 rings (SSSR count). The molecular formula is C9H14N4O2. The van der Waals surface area contributed by atoms with E-state index < -0.39 is 0 Å². The molecule has 1 fully saturated rings. The number of hydrogen-bond acceptors (Lipinski definition) is 5. The Bertz CT molecular complexity index is 308. The van der Waals surface area contributed by atoms with Gasteiger partial charge in [-0.2, -0.15) is 4.98 Å². The Balaban J connectivity index is 1.52. The summed E-state index contributed by atoms with van der Waals surface area (Å²) in [6.07, 6.45) is 4.21. The lowest BCUT2D eigenvalue weighted by Crippen LogP contribution is -2.35. The second kappa shape index (κ2) is 4.88. The molecular weight excluding hydrogens is 196 g/mol. The molecule has 0 aliphatic heterocycles. The van der Waals surface area contributed by atoms with Crippen molar-refractivity contribution in [3.05, 3.63) is 12.2 Å². The topological polar surface area (TPSA) is 80.1 Å². The molecule has 0 spiro atoms. The minimum absolute atomic E-state index is 0.0608. The van der Waals surface area contributed by atoms with Crippen molar-refractivity contribution in [3.63, 3.8) is 0 Å². The fourth-order valence-corrected chi connectivity index (χ4v) is 1.21. The molecule has 0 atom stereocenters. The maximum absolute atomic E-state index is 11.2. The van der Waals surface area contributed by atoms with Crippen LogP contribution in [-0.4, -0.2) is 35.2 Å². The third-order valence-electron chi connectivity index (χ3n) is 2.16. The normalized spacial score (nSPS) is 15.2.